The van der Waals surface area contributed by atoms with Gasteiger partial charge in [-0.3, -0.25) is 4.68 Å². The second-order valence-electron chi connectivity index (χ2n) is 5.62. The maximum atomic E-state index is 4.49. The van der Waals surface area contributed by atoms with Crippen LogP contribution >= 0.6 is 0 Å². The Balaban J connectivity index is 1.63. The monoisotopic (exact) mass is 298 g/mol. The number of hydrogen-bond acceptors (Lipinski definition) is 6. The van der Waals surface area contributed by atoms with E-state index >= 15 is 0 Å². The van der Waals surface area contributed by atoms with Crippen molar-refractivity contribution in [1.82, 2.24) is 34.5 Å². The normalized spacial score (nSPS) is 14.3. The van der Waals surface area contributed by atoms with Crippen LogP contribution in [0.4, 0.5) is 5.82 Å². The number of aromatic nitrogens is 7. The zero-order valence-corrected chi connectivity index (χ0v) is 12.7. The van der Waals surface area contributed by atoms with Gasteiger partial charge < -0.3 is 9.88 Å². The Morgan fingerprint density at radius 1 is 1.23 bits per heavy atom. The van der Waals surface area contributed by atoms with Crippen LogP contribution in [-0.4, -0.2) is 34.5 Å². The van der Waals surface area contributed by atoms with Crippen LogP contribution in [0.15, 0.2) is 6.20 Å². The summed E-state index contributed by atoms with van der Waals surface area (Å²) in [4.78, 5) is 8.92. The van der Waals surface area contributed by atoms with Crippen molar-refractivity contribution in [2.75, 3.05) is 5.32 Å². The predicted molar refractivity (Wildman–Crippen MR) is 81.3 cm³/mol. The molecule has 4 rings (SSSR count). The van der Waals surface area contributed by atoms with Crippen LogP contribution in [0, 0.1) is 6.92 Å². The molecule has 0 aliphatic carbocycles. The summed E-state index contributed by atoms with van der Waals surface area (Å²) in [6.07, 6.45) is 5.20. The third-order valence-corrected chi connectivity index (χ3v) is 4.05. The number of nitrogens with one attached hydrogen (secondary N) is 1. The van der Waals surface area contributed by atoms with E-state index in [1.807, 2.05) is 14.0 Å². The summed E-state index contributed by atoms with van der Waals surface area (Å²) in [7, 11) is 1.88. The smallest absolute Gasteiger partial charge is 0.163 e. The van der Waals surface area contributed by atoms with Gasteiger partial charge in [-0.1, -0.05) is 0 Å². The molecule has 1 aliphatic rings. The highest BCUT2D eigenvalue weighted by atomic mass is 15.3. The average molecular weight is 298 g/mol. The summed E-state index contributed by atoms with van der Waals surface area (Å²) in [5.41, 5.74) is 0.832. The zero-order chi connectivity index (χ0) is 15.1. The first-order valence-electron chi connectivity index (χ1n) is 7.53. The van der Waals surface area contributed by atoms with Crippen molar-refractivity contribution in [2.24, 2.45) is 7.05 Å². The summed E-state index contributed by atoms with van der Waals surface area (Å²) >= 11 is 0. The van der Waals surface area contributed by atoms with E-state index in [1.165, 1.54) is 12.8 Å². The van der Waals surface area contributed by atoms with E-state index in [0.717, 1.165) is 47.3 Å². The van der Waals surface area contributed by atoms with E-state index in [0.29, 0.717) is 6.54 Å². The van der Waals surface area contributed by atoms with Crippen molar-refractivity contribution in [1.29, 1.82) is 0 Å². The minimum absolute atomic E-state index is 0.605. The maximum Gasteiger partial charge on any atom is 0.163 e. The molecule has 8 nitrogen and oxygen atoms in total. The summed E-state index contributed by atoms with van der Waals surface area (Å²) < 4.78 is 3.97. The first kappa shape index (κ1) is 13.2. The highest BCUT2D eigenvalue weighted by Gasteiger charge is 2.16. The Hall–Kier alpha value is -2.51. The van der Waals surface area contributed by atoms with Crippen LogP contribution in [-0.2, 0) is 26.6 Å². The zero-order valence-electron chi connectivity index (χ0n) is 12.7. The predicted octanol–water partition coefficient (Wildman–Crippen LogP) is 1.21. The van der Waals surface area contributed by atoms with Crippen molar-refractivity contribution in [3.8, 4) is 0 Å². The summed E-state index contributed by atoms with van der Waals surface area (Å²) in [6.45, 7) is 3.49. The summed E-state index contributed by atoms with van der Waals surface area (Å²) in [5.74, 6) is 3.57. The SMILES string of the molecule is Cc1nc(NCc2nnc3n2CCCC3)c2cnn(C)c2n1. The molecule has 3 aromatic heterocycles. The first-order valence-corrected chi connectivity index (χ1v) is 7.53. The number of aryl methyl sites for hydroxylation is 3. The average Bonchev–Trinajstić information content (AvgIpc) is 3.10. The molecule has 3 aromatic rings. The molecular formula is C14H18N8. The fourth-order valence-electron chi connectivity index (χ4n) is 2.93. The van der Waals surface area contributed by atoms with Gasteiger partial charge in [-0.05, 0) is 19.8 Å². The molecule has 0 saturated heterocycles. The van der Waals surface area contributed by atoms with E-state index in [4.69, 9.17) is 0 Å². The van der Waals surface area contributed by atoms with Gasteiger partial charge in [0.2, 0.25) is 0 Å². The Bertz CT molecular complexity index is 831. The van der Waals surface area contributed by atoms with Gasteiger partial charge in [0.15, 0.2) is 11.5 Å². The lowest BCUT2D eigenvalue weighted by Crippen LogP contribution is -2.15. The molecular weight excluding hydrogens is 280 g/mol. The molecule has 0 radical (unpaired) electrons. The van der Waals surface area contributed by atoms with Gasteiger partial charge in [0, 0.05) is 20.0 Å². The molecule has 0 fully saturated rings. The molecule has 114 valence electrons. The molecule has 4 heterocycles. The highest BCUT2D eigenvalue weighted by molar-refractivity contribution is 5.86. The Morgan fingerprint density at radius 3 is 3.05 bits per heavy atom. The van der Waals surface area contributed by atoms with E-state index in [-0.39, 0.29) is 0 Å². The highest BCUT2D eigenvalue weighted by Crippen LogP contribution is 2.20. The number of anilines is 1. The van der Waals surface area contributed by atoms with Gasteiger partial charge >= 0.3 is 0 Å². The summed E-state index contributed by atoms with van der Waals surface area (Å²) in [6, 6.07) is 0. The van der Waals surface area contributed by atoms with Gasteiger partial charge in [-0.25, -0.2) is 9.97 Å². The molecule has 1 aliphatic heterocycles. The number of rotatable bonds is 3. The number of hydrogen-bond donors (Lipinski definition) is 1. The molecule has 1 N–H and O–H groups in total. The standard InChI is InChI=1S/C14H18N8/c1-9-17-13(10-7-16-21(2)14(10)18-9)15-8-12-20-19-11-5-3-4-6-22(11)12/h7H,3-6,8H2,1-2H3,(H,15,17,18). The van der Waals surface area contributed by atoms with E-state index < -0.39 is 0 Å². The lowest BCUT2D eigenvalue weighted by molar-refractivity contribution is 0.509. The molecule has 22 heavy (non-hydrogen) atoms. The van der Waals surface area contributed by atoms with Gasteiger partial charge in [0.1, 0.15) is 17.5 Å². The Kier molecular flexibility index (Phi) is 3.02. The minimum Gasteiger partial charge on any atom is -0.362 e. The molecule has 0 spiro atoms. The maximum absolute atomic E-state index is 4.49. The van der Waals surface area contributed by atoms with Crippen molar-refractivity contribution >= 4 is 16.9 Å². The van der Waals surface area contributed by atoms with Gasteiger partial charge in [0.25, 0.3) is 0 Å². The third kappa shape index (κ3) is 2.11. The van der Waals surface area contributed by atoms with Gasteiger partial charge in [0.05, 0.1) is 18.1 Å². The van der Waals surface area contributed by atoms with Crippen LogP contribution in [0.5, 0.6) is 0 Å². The van der Waals surface area contributed by atoms with E-state index in [9.17, 15) is 0 Å². The largest absolute Gasteiger partial charge is 0.362 e. The Labute approximate surface area is 127 Å². The molecule has 0 aromatic carbocycles. The van der Waals surface area contributed by atoms with Crippen molar-refractivity contribution in [3.05, 3.63) is 23.7 Å². The lowest BCUT2D eigenvalue weighted by Gasteiger charge is -2.15. The van der Waals surface area contributed by atoms with Crippen LogP contribution < -0.4 is 5.32 Å². The fraction of sp³-hybridized carbons (Fsp3) is 0.500. The molecule has 0 unspecified atom stereocenters. The summed E-state index contributed by atoms with van der Waals surface area (Å²) in [5, 5.41) is 17.1. The van der Waals surface area contributed by atoms with Gasteiger partial charge in [-0.15, -0.1) is 10.2 Å². The molecule has 0 bridgehead atoms. The van der Waals surface area contributed by atoms with Crippen LogP contribution in [0.1, 0.15) is 30.3 Å². The fourth-order valence-corrected chi connectivity index (χ4v) is 2.93. The topological polar surface area (TPSA) is 86.3 Å². The lowest BCUT2D eigenvalue weighted by atomic mass is 10.2. The van der Waals surface area contributed by atoms with Crippen LogP contribution in [0.25, 0.3) is 11.0 Å². The molecule has 8 heteroatoms. The molecule has 0 amide bonds. The third-order valence-electron chi connectivity index (χ3n) is 4.05. The first-order chi connectivity index (χ1) is 10.7. The second-order valence-corrected chi connectivity index (χ2v) is 5.62. The number of nitrogens with zero attached hydrogens (tertiary/aromatic N) is 7. The quantitative estimate of drug-likeness (QED) is 0.782. The molecule has 0 saturated carbocycles. The van der Waals surface area contributed by atoms with E-state index in [1.54, 1.807) is 10.9 Å². The van der Waals surface area contributed by atoms with Crippen molar-refractivity contribution in [3.63, 3.8) is 0 Å². The van der Waals surface area contributed by atoms with Gasteiger partial charge in [-0.2, -0.15) is 5.10 Å². The van der Waals surface area contributed by atoms with E-state index in [2.05, 4.69) is 35.1 Å². The molecule has 0 atom stereocenters. The minimum atomic E-state index is 0.605. The van der Waals surface area contributed by atoms with Crippen molar-refractivity contribution in [2.45, 2.75) is 39.3 Å². The second kappa shape index (κ2) is 5.04. The Morgan fingerprint density at radius 2 is 2.14 bits per heavy atom. The number of fused-ring (bicyclic) bond motifs is 2. The van der Waals surface area contributed by atoms with Crippen molar-refractivity contribution < 1.29 is 0 Å². The van der Waals surface area contributed by atoms with Crippen LogP contribution in [0.3, 0.4) is 0 Å². The van der Waals surface area contributed by atoms with Crippen LogP contribution in [0.2, 0.25) is 0 Å².